The first-order valence-corrected chi connectivity index (χ1v) is 6.74. The van der Waals surface area contributed by atoms with Gasteiger partial charge in [-0.1, -0.05) is 6.07 Å². The lowest BCUT2D eigenvalue weighted by atomic mass is 10.2. The highest BCUT2D eigenvalue weighted by Crippen LogP contribution is 2.20. The molecule has 5 heteroatoms. The molecule has 0 aliphatic carbocycles. The van der Waals surface area contributed by atoms with E-state index in [4.69, 9.17) is 0 Å². The van der Waals surface area contributed by atoms with Gasteiger partial charge in [0.2, 0.25) is 0 Å². The van der Waals surface area contributed by atoms with Crippen molar-refractivity contribution in [1.82, 2.24) is 4.98 Å². The number of amides is 1. The van der Waals surface area contributed by atoms with Crippen LogP contribution in [-0.4, -0.2) is 32.0 Å². The number of pyridine rings is 1. The summed E-state index contributed by atoms with van der Waals surface area (Å²) in [6, 6.07) is 9.55. The maximum atomic E-state index is 12.4. The van der Waals surface area contributed by atoms with Crippen molar-refractivity contribution in [2.45, 2.75) is 6.92 Å². The number of nitrogens with one attached hydrogen (secondary N) is 2. The third-order valence-electron chi connectivity index (χ3n) is 3.18. The second-order valence-corrected chi connectivity index (χ2v) is 5.02. The van der Waals surface area contributed by atoms with Crippen LogP contribution in [0.3, 0.4) is 0 Å². The van der Waals surface area contributed by atoms with E-state index in [0.29, 0.717) is 5.56 Å². The third kappa shape index (κ3) is 3.51. The van der Waals surface area contributed by atoms with Gasteiger partial charge in [-0.15, -0.1) is 0 Å². The molecule has 1 aromatic heterocycles. The molecule has 2 aromatic rings. The molecule has 0 saturated heterocycles. The van der Waals surface area contributed by atoms with Crippen molar-refractivity contribution in [2.75, 3.05) is 36.7 Å². The summed E-state index contributed by atoms with van der Waals surface area (Å²) in [6.07, 6.45) is 1.59. The first-order valence-electron chi connectivity index (χ1n) is 6.74. The predicted molar refractivity (Wildman–Crippen MR) is 87.2 cm³/mol. The number of rotatable bonds is 4. The van der Waals surface area contributed by atoms with Crippen LogP contribution in [0, 0.1) is 6.92 Å². The van der Waals surface area contributed by atoms with Crippen LogP contribution in [0.1, 0.15) is 16.1 Å². The SMILES string of the molecule is CNc1cc(C)ncc1C(=O)Nc1cccc(N(C)C)c1. The molecule has 0 aliphatic heterocycles. The lowest BCUT2D eigenvalue weighted by molar-refractivity contribution is 0.102. The number of nitrogens with zero attached hydrogens (tertiary/aromatic N) is 2. The summed E-state index contributed by atoms with van der Waals surface area (Å²) in [7, 11) is 5.71. The number of aryl methyl sites for hydroxylation is 1. The molecule has 0 unspecified atom stereocenters. The van der Waals surface area contributed by atoms with Gasteiger partial charge in [-0.3, -0.25) is 9.78 Å². The molecule has 0 spiro atoms. The van der Waals surface area contributed by atoms with Crippen molar-refractivity contribution < 1.29 is 4.79 Å². The fourth-order valence-electron chi connectivity index (χ4n) is 2.01. The molecule has 110 valence electrons. The molecule has 0 saturated carbocycles. The minimum absolute atomic E-state index is 0.178. The van der Waals surface area contributed by atoms with Gasteiger partial charge in [-0.25, -0.2) is 0 Å². The van der Waals surface area contributed by atoms with Gasteiger partial charge in [0.25, 0.3) is 5.91 Å². The minimum Gasteiger partial charge on any atom is -0.387 e. The molecule has 1 aromatic carbocycles. The Balaban J connectivity index is 2.24. The Bertz CT molecular complexity index is 652. The number of carbonyl (C=O) groups is 1. The number of hydrogen-bond acceptors (Lipinski definition) is 4. The fraction of sp³-hybridized carbons (Fsp3) is 0.250. The van der Waals surface area contributed by atoms with E-state index >= 15 is 0 Å². The Hall–Kier alpha value is -2.56. The van der Waals surface area contributed by atoms with Crippen LogP contribution < -0.4 is 15.5 Å². The van der Waals surface area contributed by atoms with Crippen LogP contribution in [0.5, 0.6) is 0 Å². The van der Waals surface area contributed by atoms with E-state index in [0.717, 1.165) is 22.8 Å². The van der Waals surface area contributed by atoms with E-state index in [1.807, 2.05) is 56.3 Å². The van der Waals surface area contributed by atoms with E-state index in [2.05, 4.69) is 15.6 Å². The van der Waals surface area contributed by atoms with Crippen molar-refractivity contribution in [2.24, 2.45) is 0 Å². The molecular weight excluding hydrogens is 264 g/mol. The number of hydrogen-bond donors (Lipinski definition) is 2. The third-order valence-corrected chi connectivity index (χ3v) is 3.18. The lowest BCUT2D eigenvalue weighted by Crippen LogP contribution is -2.15. The molecule has 21 heavy (non-hydrogen) atoms. The number of carbonyl (C=O) groups excluding carboxylic acids is 1. The Morgan fingerprint density at radius 1 is 1.24 bits per heavy atom. The van der Waals surface area contributed by atoms with Gasteiger partial charge in [0.1, 0.15) is 0 Å². The highest BCUT2D eigenvalue weighted by molar-refractivity contribution is 6.08. The minimum atomic E-state index is -0.178. The summed E-state index contributed by atoms with van der Waals surface area (Å²) >= 11 is 0. The summed E-state index contributed by atoms with van der Waals surface area (Å²) in [6.45, 7) is 1.89. The Labute approximate surface area is 125 Å². The smallest absolute Gasteiger partial charge is 0.259 e. The zero-order chi connectivity index (χ0) is 15.4. The summed E-state index contributed by atoms with van der Waals surface area (Å²) < 4.78 is 0. The van der Waals surface area contributed by atoms with Crippen molar-refractivity contribution in [3.8, 4) is 0 Å². The summed E-state index contributed by atoms with van der Waals surface area (Å²) in [5, 5.41) is 5.93. The highest BCUT2D eigenvalue weighted by atomic mass is 16.1. The summed E-state index contributed by atoms with van der Waals surface area (Å²) in [5.41, 5.74) is 3.95. The van der Waals surface area contributed by atoms with Crippen LogP contribution in [-0.2, 0) is 0 Å². The molecule has 2 rings (SSSR count). The average Bonchev–Trinajstić information content (AvgIpc) is 2.47. The van der Waals surface area contributed by atoms with Crippen LogP contribution in [0.2, 0.25) is 0 Å². The lowest BCUT2D eigenvalue weighted by Gasteiger charge is -2.14. The first kappa shape index (κ1) is 14.8. The summed E-state index contributed by atoms with van der Waals surface area (Å²) in [4.78, 5) is 18.6. The summed E-state index contributed by atoms with van der Waals surface area (Å²) in [5.74, 6) is -0.178. The van der Waals surface area contributed by atoms with Crippen LogP contribution in [0.15, 0.2) is 36.5 Å². The molecule has 0 bridgehead atoms. The van der Waals surface area contributed by atoms with Crippen molar-refractivity contribution in [1.29, 1.82) is 0 Å². The second-order valence-electron chi connectivity index (χ2n) is 5.02. The van der Waals surface area contributed by atoms with E-state index in [1.54, 1.807) is 13.2 Å². The van der Waals surface area contributed by atoms with Gasteiger partial charge < -0.3 is 15.5 Å². The molecular formula is C16H20N4O. The topological polar surface area (TPSA) is 57.3 Å². The monoisotopic (exact) mass is 284 g/mol. The molecule has 5 nitrogen and oxygen atoms in total. The normalized spacial score (nSPS) is 10.1. The highest BCUT2D eigenvalue weighted by Gasteiger charge is 2.12. The molecule has 0 aliphatic rings. The number of anilines is 3. The maximum Gasteiger partial charge on any atom is 0.259 e. The largest absolute Gasteiger partial charge is 0.387 e. The standard InChI is InChI=1S/C16H20N4O/c1-11-8-15(17-2)14(10-18-11)16(21)19-12-6-5-7-13(9-12)20(3)4/h5-10H,1-4H3,(H,17,18)(H,19,21). The quantitative estimate of drug-likeness (QED) is 0.906. The van der Waals surface area contributed by atoms with Crippen LogP contribution in [0.4, 0.5) is 17.1 Å². The Kier molecular flexibility index (Phi) is 4.42. The van der Waals surface area contributed by atoms with E-state index in [9.17, 15) is 4.79 Å². The Morgan fingerprint density at radius 2 is 2.00 bits per heavy atom. The molecule has 0 radical (unpaired) electrons. The maximum absolute atomic E-state index is 12.4. The first-order chi connectivity index (χ1) is 10.0. The molecule has 2 N–H and O–H groups in total. The van der Waals surface area contributed by atoms with Gasteiger partial charge in [-0.05, 0) is 31.2 Å². The van der Waals surface area contributed by atoms with Gasteiger partial charge in [0.15, 0.2) is 0 Å². The van der Waals surface area contributed by atoms with Crippen molar-refractivity contribution in [3.63, 3.8) is 0 Å². The van der Waals surface area contributed by atoms with Gasteiger partial charge in [0.05, 0.1) is 11.3 Å². The van der Waals surface area contributed by atoms with Gasteiger partial charge in [-0.2, -0.15) is 0 Å². The fourth-order valence-corrected chi connectivity index (χ4v) is 2.01. The molecule has 1 amide bonds. The average molecular weight is 284 g/mol. The van der Waals surface area contributed by atoms with Crippen molar-refractivity contribution >= 4 is 23.0 Å². The predicted octanol–water partition coefficient (Wildman–Crippen LogP) is 2.75. The number of aromatic nitrogens is 1. The van der Waals surface area contributed by atoms with Crippen molar-refractivity contribution in [3.05, 3.63) is 47.8 Å². The molecule has 0 fully saturated rings. The number of benzene rings is 1. The molecule has 0 atom stereocenters. The van der Waals surface area contributed by atoms with Gasteiger partial charge in [0, 0.05) is 44.4 Å². The van der Waals surface area contributed by atoms with E-state index < -0.39 is 0 Å². The zero-order valence-electron chi connectivity index (χ0n) is 12.8. The van der Waals surface area contributed by atoms with Crippen LogP contribution in [0.25, 0.3) is 0 Å². The Morgan fingerprint density at radius 3 is 2.67 bits per heavy atom. The second kappa shape index (κ2) is 6.26. The van der Waals surface area contributed by atoms with E-state index in [-0.39, 0.29) is 5.91 Å². The molecule has 1 heterocycles. The van der Waals surface area contributed by atoms with Gasteiger partial charge >= 0.3 is 0 Å². The van der Waals surface area contributed by atoms with Crippen LogP contribution >= 0.6 is 0 Å². The zero-order valence-corrected chi connectivity index (χ0v) is 12.8. The van der Waals surface area contributed by atoms with E-state index in [1.165, 1.54) is 0 Å².